The van der Waals surface area contributed by atoms with E-state index in [1.165, 1.54) is 24.8 Å². The van der Waals surface area contributed by atoms with Gasteiger partial charge in [-0.1, -0.05) is 12.5 Å². The van der Waals surface area contributed by atoms with Crippen LogP contribution in [0.15, 0.2) is 18.3 Å². The molecule has 110 valence electrons. The van der Waals surface area contributed by atoms with E-state index >= 15 is 0 Å². The minimum absolute atomic E-state index is 0.528. The lowest BCUT2D eigenvalue weighted by molar-refractivity contribution is 0.0524. The van der Waals surface area contributed by atoms with E-state index < -0.39 is 0 Å². The van der Waals surface area contributed by atoms with Gasteiger partial charge in [0.2, 0.25) is 0 Å². The van der Waals surface area contributed by atoms with Gasteiger partial charge in [-0.25, -0.2) is 0 Å². The Morgan fingerprint density at radius 2 is 2.35 bits per heavy atom. The summed E-state index contributed by atoms with van der Waals surface area (Å²) in [6.07, 6.45) is 5.90. The van der Waals surface area contributed by atoms with Gasteiger partial charge < -0.3 is 15.4 Å². The number of hydrogen-bond acceptors (Lipinski definition) is 4. The Bertz CT molecular complexity index is 414. The van der Waals surface area contributed by atoms with Crippen molar-refractivity contribution in [1.29, 1.82) is 0 Å². The second-order valence-electron chi connectivity index (χ2n) is 6.03. The molecule has 4 heteroatoms. The summed E-state index contributed by atoms with van der Waals surface area (Å²) in [7, 11) is 0. The molecular weight excluding hydrogens is 250 g/mol. The lowest BCUT2D eigenvalue weighted by Crippen LogP contribution is -2.50. The number of morpholine rings is 1. The standard InChI is InChI=1S/C16H25N3O/c1-12-5-6-13(9-18-12)10-19-15-4-2-3-14(15)16-11-20-8-7-17-16/h5-6,9,14-17,19H,2-4,7-8,10-11H2,1H3. The highest BCUT2D eigenvalue weighted by molar-refractivity contribution is 5.13. The summed E-state index contributed by atoms with van der Waals surface area (Å²) in [6.45, 7) is 5.67. The fourth-order valence-electron chi connectivity index (χ4n) is 3.44. The summed E-state index contributed by atoms with van der Waals surface area (Å²) in [6, 6.07) is 5.39. The molecule has 3 atom stereocenters. The van der Waals surface area contributed by atoms with Gasteiger partial charge in [0, 0.05) is 37.1 Å². The lowest BCUT2D eigenvalue weighted by Gasteiger charge is -2.33. The van der Waals surface area contributed by atoms with E-state index in [-0.39, 0.29) is 0 Å². The number of nitrogens with one attached hydrogen (secondary N) is 2. The van der Waals surface area contributed by atoms with Gasteiger partial charge in [0.25, 0.3) is 0 Å². The van der Waals surface area contributed by atoms with Crippen molar-refractivity contribution in [3.05, 3.63) is 29.6 Å². The van der Waals surface area contributed by atoms with Gasteiger partial charge in [0.1, 0.15) is 0 Å². The zero-order valence-electron chi connectivity index (χ0n) is 12.3. The molecule has 1 saturated carbocycles. The molecule has 0 spiro atoms. The van der Waals surface area contributed by atoms with Gasteiger partial charge in [-0.2, -0.15) is 0 Å². The smallest absolute Gasteiger partial charge is 0.0623 e. The Kier molecular flexibility index (Phi) is 4.65. The molecule has 2 aliphatic rings. The zero-order valence-corrected chi connectivity index (χ0v) is 12.3. The van der Waals surface area contributed by atoms with Crippen molar-refractivity contribution in [2.75, 3.05) is 19.8 Å². The van der Waals surface area contributed by atoms with Gasteiger partial charge in [-0.05, 0) is 37.3 Å². The first-order valence-corrected chi connectivity index (χ1v) is 7.79. The highest BCUT2D eigenvalue weighted by atomic mass is 16.5. The summed E-state index contributed by atoms with van der Waals surface area (Å²) in [5, 5.41) is 7.35. The topological polar surface area (TPSA) is 46.2 Å². The molecule has 1 saturated heterocycles. The molecule has 2 heterocycles. The number of aromatic nitrogens is 1. The van der Waals surface area contributed by atoms with E-state index in [4.69, 9.17) is 4.74 Å². The fraction of sp³-hybridized carbons (Fsp3) is 0.688. The number of aryl methyl sites for hydroxylation is 1. The first kappa shape index (κ1) is 14.0. The van der Waals surface area contributed by atoms with Gasteiger partial charge in [-0.15, -0.1) is 0 Å². The predicted molar refractivity (Wildman–Crippen MR) is 79.6 cm³/mol. The Balaban J connectivity index is 1.54. The Labute approximate surface area is 121 Å². The molecule has 1 aliphatic carbocycles. The van der Waals surface area contributed by atoms with E-state index in [1.807, 2.05) is 13.1 Å². The molecule has 0 amide bonds. The maximum Gasteiger partial charge on any atom is 0.0623 e. The van der Waals surface area contributed by atoms with Crippen LogP contribution >= 0.6 is 0 Å². The Morgan fingerprint density at radius 3 is 3.10 bits per heavy atom. The molecular formula is C16H25N3O. The second kappa shape index (κ2) is 6.66. The van der Waals surface area contributed by atoms with Crippen molar-refractivity contribution in [3.8, 4) is 0 Å². The van der Waals surface area contributed by atoms with E-state index in [0.717, 1.165) is 32.0 Å². The second-order valence-corrected chi connectivity index (χ2v) is 6.03. The fourth-order valence-corrected chi connectivity index (χ4v) is 3.44. The zero-order chi connectivity index (χ0) is 13.8. The Hall–Kier alpha value is -0.970. The molecule has 1 aromatic heterocycles. The van der Waals surface area contributed by atoms with Crippen molar-refractivity contribution in [3.63, 3.8) is 0 Å². The van der Waals surface area contributed by atoms with Gasteiger partial charge >= 0.3 is 0 Å². The number of nitrogens with zero attached hydrogens (tertiary/aromatic N) is 1. The third-order valence-corrected chi connectivity index (χ3v) is 4.58. The van der Waals surface area contributed by atoms with Crippen LogP contribution in [0.25, 0.3) is 0 Å². The van der Waals surface area contributed by atoms with Crippen molar-refractivity contribution in [2.45, 2.75) is 44.8 Å². The van der Waals surface area contributed by atoms with Crippen LogP contribution in [0.3, 0.4) is 0 Å². The van der Waals surface area contributed by atoms with Crippen molar-refractivity contribution in [2.24, 2.45) is 5.92 Å². The molecule has 0 aromatic carbocycles. The molecule has 2 N–H and O–H groups in total. The largest absolute Gasteiger partial charge is 0.379 e. The van der Waals surface area contributed by atoms with Crippen LogP contribution in [-0.2, 0) is 11.3 Å². The quantitative estimate of drug-likeness (QED) is 0.877. The third kappa shape index (κ3) is 3.37. The lowest BCUT2D eigenvalue weighted by atomic mass is 9.94. The third-order valence-electron chi connectivity index (χ3n) is 4.58. The minimum Gasteiger partial charge on any atom is -0.379 e. The molecule has 2 fully saturated rings. The van der Waals surface area contributed by atoms with E-state index in [2.05, 4.69) is 27.8 Å². The monoisotopic (exact) mass is 275 g/mol. The number of ether oxygens (including phenoxy) is 1. The molecule has 0 radical (unpaired) electrons. The summed E-state index contributed by atoms with van der Waals surface area (Å²) in [5.74, 6) is 0.703. The average Bonchev–Trinajstić information content (AvgIpc) is 2.96. The molecule has 0 bridgehead atoms. The van der Waals surface area contributed by atoms with Crippen LogP contribution in [0.5, 0.6) is 0 Å². The first-order valence-electron chi connectivity index (χ1n) is 7.79. The van der Waals surface area contributed by atoms with Crippen molar-refractivity contribution >= 4 is 0 Å². The van der Waals surface area contributed by atoms with Crippen LogP contribution in [0.2, 0.25) is 0 Å². The van der Waals surface area contributed by atoms with E-state index in [9.17, 15) is 0 Å². The molecule has 1 aromatic rings. The van der Waals surface area contributed by atoms with Crippen LogP contribution in [0, 0.1) is 12.8 Å². The Morgan fingerprint density at radius 1 is 1.40 bits per heavy atom. The molecule has 3 unspecified atom stereocenters. The predicted octanol–water partition coefficient (Wildman–Crippen LogP) is 1.64. The van der Waals surface area contributed by atoms with Crippen molar-refractivity contribution < 1.29 is 4.74 Å². The van der Waals surface area contributed by atoms with Gasteiger partial charge in [-0.3, -0.25) is 4.98 Å². The van der Waals surface area contributed by atoms with E-state index in [0.29, 0.717) is 18.0 Å². The van der Waals surface area contributed by atoms with Gasteiger partial charge in [0.05, 0.1) is 13.2 Å². The summed E-state index contributed by atoms with van der Waals surface area (Å²) < 4.78 is 5.62. The highest BCUT2D eigenvalue weighted by Gasteiger charge is 2.34. The minimum atomic E-state index is 0.528. The SMILES string of the molecule is Cc1ccc(CNC2CCCC2C2COCCN2)cn1. The highest BCUT2D eigenvalue weighted by Crippen LogP contribution is 2.29. The van der Waals surface area contributed by atoms with Crippen LogP contribution < -0.4 is 10.6 Å². The molecule has 4 nitrogen and oxygen atoms in total. The van der Waals surface area contributed by atoms with Crippen molar-refractivity contribution in [1.82, 2.24) is 15.6 Å². The number of pyridine rings is 1. The molecule has 20 heavy (non-hydrogen) atoms. The average molecular weight is 275 g/mol. The van der Waals surface area contributed by atoms with Crippen LogP contribution in [-0.4, -0.2) is 36.8 Å². The van der Waals surface area contributed by atoms with E-state index in [1.54, 1.807) is 0 Å². The van der Waals surface area contributed by atoms with Crippen LogP contribution in [0.4, 0.5) is 0 Å². The van der Waals surface area contributed by atoms with Gasteiger partial charge in [0.15, 0.2) is 0 Å². The maximum atomic E-state index is 5.62. The summed E-state index contributed by atoms with van der Waals surface area (Å²) >= 11 is 0. The summed E-state index contributed by atoms with van der Waals surface area (Å²) in [5.41, 5.74) is 2.35. The van der Waals surface area contributed by atoms with Crippen LogP contribution in [0.1, 0.15) is 30.5 Å². The number of rotatable bonds is 4. The summed E-state index contributed by atoms with van der Waals surface area (Å²) in [4.78, 5) is 4.36. The molecule has 1 aliphatic heterocycles. The molecule has 3 rings (SSSR count). The normalized spacial score (nSPS) is 30.6. The number of hydrogen-bond donors (Lipinski definition) is 2. The first-order chi connectivity index (χ1) is 9.83. The maximum absolute atomic E-state index is 5.62.